The van der Waals surface area contributed by atoms with E-state index in [1.807, 2.05) is 31.3 Å². The third-order valence-corrected chi connectivity index (χ3v) is 5.94. The number of aromatic nitrogens is 3. The molecule has 2 aromatic carbocycles. The van der Waals surface area contributed by atoms with Crippen molar-refractivity contribution in [3.63, 3.8) is 0 Å². The highest BCUT2D eigenvalue weighted by Crippen LogP contribution is 2.33. The molecule has 7 heteroatoms. The number of hydrogen-bond acceptors (Lipinski definition) is 5. The molecule has 31 heavy (non-hydrogen) atoms. The number of carbonyl (C=O) groups is 1. The third kappa shape index (κ3) is 4.60. The first-order chi connectivity index (χ1) is 15.0. The van der Waals surface area contributed by atoms with Crippen molar-refractivity contribution in [3.8, 4) is 29.0 Å². The van der Waals surface area contributed by atoms with Gasteiger partial charge in [0.2, 0.25) is 0 Å². The lowest BCUT2D eigenvalue weighted by atomic mass is 9.96. The standard InChI is InChI=1S/C24H21N3O3S/c1-3-4-18(12-23(28)29)17-6-8-19(9-7-17)30-13-16-5-10-22-20(11-16)21(14-31-22)24-25-15-26-27(24)2/h5-11,14-15,18H,12-13H2,1-2H3,(H,28,29)/t18-/m0/s1. The minimum Gasteiger partial charge on any atom is -0.489 e. The summed E-state index contributed by atoms with van der Waals surface area (Å²) in [5.41, 5.74) is 2.99. The van der Waals surface area contributed by atoms with Crippen molar-refractivity contribution in [1.29, 1.82) is 0 Å². The van der Waals surface area contributed by atoms with Crippen molar-refractivity contribution in [2.45, 2.75) is 25.9 Å². The summed E-state index contributed by atoms with van der Waals surface area (Å²) < 4.78 is 8.92. The maximum atomic E-state index is 11.1. The summed E-state index contributed by atoms with van der Waals surface area (Å²) in [7, 11) is 1.88. The summed E-state index contributed by atoms with van der Waals surface area (Å²) in [6.45, 7) is 2.14. The zero-order valence-corrected chi connectivity index (χ0v) is 18.0. The SMILES string of the molecule is CC#C[C@@H](CC(=O)O)c1ccc(OCc2ccc3scc(-c4ncnn4C)c3c2)cc1. The Hall–Kier alpha value is -3.63. The number of fused-ring (bicyclic) bond motifs is 1. The molecule has 0 aliphatic carbocycles. The number of hydrogen-bond donors (Lipinski definition) is 1. The minimum atomic E-state index is -0.863. The first-order valence-electron chi connectivity index (χ1n) is 9.76. The van der Waals surface area contributed by atoms with Gasteiger partial charge in [0.25, 0.3) is 0 Å². The normalized spacial score (nSPS) is 11.7. The second-order valence-electron chi connectivity index (χ2n) is 7.09. The van der Waals surface area contributed by atoms with Gasteiger partial charge in [0.05, 0.1) is 12.3 Å². The molecule has 0 unspecified atom stereocenters. The van der Waals surface area contributed by atoms with Gasteiger partial charge in [0, 0.05) is 28.1 Å². The van der Waals surface area contributed by atoms with E-state index in [2.05, 4.69) is 45.5 Å². The molecule has 4 rings (SSSR count). The Balaban J connectivity index is 1.49. The van der Waals surface area contributed by atoms with E-state index in [0.29, 0.717) is 6.61 Å². The largest absolute Gasteiger partial charge is 0.489 e. The van der Waals surface area contributed by atoms with E-state index in [1.165, 1.54) is 4.70 Å². The number of aryl methyl sites for hydroxylation is 1. The molecular weight excluding hydrogens is 410 g/mol. The first-order valence-corrected chi connectivity index (χ1v) is 10.6. The number of thiophene rings is 1. The quantitative estimate of drug-likeness (QED) is 0.423. The molecule has 0 amide bonds. The van der Waals surface area contributed by atoms with Crippen LogP contribution in [0.5, 0.6) is 5.75 Å². The van der Waals surface area contributed by atoms with E-state index in [-0.39, 0.29) is 12.3 Å². The Morgan fingerprint density at radius 2 is 2.06 bits per heavy atom. The number of rotatable bonds is 7. The highest BCUT2D eigenvalue weighted by Gasteiger charge is 2.14. The molecule has 2 heterocycles. The van der Waals surface area contributed by atoms with Gasteiger partial charge < -0.3 is 9.84 Å². The lowest BCUT2D eigenvalue weighted by Gasteiger charge is -2.11. The van der Waals surface area contributed by atoms with Gasteiger partial charge in [-0.05, 0) is 42.3 Å². The fraction of sp³-hybridized carbons (Fsp3) is 0.208. The summed E-state index contributed by atoms with van der Waals surface area (Å²) in [6, 6.07) is 13.8. The molecule has 1 N–H and O–H groups in total. The monoisotopic (exact) mass is 431 g/mol. The maximum Gasteiger partial charge on any atom is 0.304 e. The third-order valence-electron chi connectivity index (χ3n) is 4.98. The zero-order valence-electron chi connectivity index (χ0n) is 17.2. The van der Waals surface area contributed by atoms with E-state index in [1.54, 1.807) is 29.3 Å². The summed E-state index contributed by atoms with van der Waals surface area (Å²) >= 11 is 1.68. The minimum absolute atomic E-state index is 0.0183. The highest BCUT2D eigenvalue weighted by atomic mass is 32.1. The van der Waals surface area contributed by atoms with E-state index >= 15 is 0 Å². The first kappa shape index (κ1) is 20.6. The van der Waals surface area contributed by atoms with E-state index in [0.717, 1.165) is 33.7 Å². The molecule has 6 nitrogen and oxygen atoms in total. The molecule has 0 bridgehead atoms. The van der Waals surface area contributed by atoms with Crippen LogP contribution in [0.3, 0.4) is 0 Å². The van der Waals surface area contributed by atoms with Gasteiger partial charge in [0.1, 0.15) is 18.7 Å². The number of aliphatic carboxylic acids is 1. The van der Waals surface area contributed by atoms with Crippen molar-refractivity contribution >= 4 is 27.4 Å². The lowest BCUT2D eigenvalue weighted by Crippen LogP contribution is -2.04. The second-order valence-corrected chi connectivity index (χ2v) is 8.00. The van der Waals surface area contributed by atoms with Crippen LogP contribution in [0.25, 0.3) is 21.5 Å². The van der Waals surface area contributed by atoms with E-state index in [9.17, 15) is 4.79 Å². The predicted molar refractivity (Wildman–Crippen MR) is 121 cm³/mol. The topological polar surface area (TPSA) is 77.2 Å². The number of nitrogens with zero attached hydrogens (tertiary/aromatic N) is 3. The average molecular weight is 432 g/mol. The number of carboxylic acids is 1. The van der Waals surface area contributed by atoms with Gasteiger partial charge in [-0.2, -0.15) is 5.10 Å². The fourth-order valence-electron chi connectivity index (χ4n) is 3.44. The van der Waals surface area contributed by atoms with E-state index < -0.39 is 5.97 Å². The Labute approximate surface area is 184 Å². The van der Waals surface area contributed by atoms with Gasteiger partial charge >= 0.3 is 5.97 Å². The van der Waals surface area contributed by atoms with Crippen molar-refractivity contribution in [2.24, 2.45) is 7.05 Å². The summed E-state index contributed by atoms with van der Waals surface area (Å²) in [5, 5.41) is 16.5. The molecule has 0 fully saturated rings. The van der Waals surface area contributed by atoms with Crippen molar-refractivity contribution in [3.05, 3.63) is 65.3 Å². The summed E-state index contributed by atoms with van der Waals surface area (Å²) in [6.07, 6.45) is 1.54. The molecule has 0 radical (unpaired) electrons. The molecule has 1 atom stereocenters. The molecule has 0 aliphatic rings. The van der Waals surface area contributed by atoms with Gasteiger partial charge in [0.15, 0.2) is 5.82 Å². The maximum absolute atomic E-state index is 11.1. The lowest BCUT2D eigenvalue weighted by molar-refractivity contribution is -0.137. The zero-order chi connectivity index (χ0) is 21.8. The Morgan fingerprint density at radius 3 is 2.74 bits per heavy atom. The van der Waals surface area contributed by atoms with Gasteiger partial charge in [-0.3, -0.25) is 4.79 Å². The van der Waals surface area contributed by atoms with Crippen molar-refractivity contribution in [2.75, 3.05) is 0 Å². The molecule has 0 saturated heterocycles. The average Bonchev–Trinajstić information content (AvgIpc) is 3.37. The van der Waals surface area contributed by atoms with Crippen LogP contribution < -0.4 is 4.74 Å². The van der Waals surface area contributed by atoms with Crippen LogP contribution >= 0.6 is 11.3 Å². The molecule has 156 valence electrons. The Kier molecular flexibility index (Phi) is 6.01. The van der Waals surface area contributed by atoms with Crippen LogP contribution in [0.1, 0.15) is 30.4 Å². The smallest absolute Gasteiger partial charge is 0.304 e. The van der Waals surface area contributed by atoms with Crippen LogP contribution in [-0.4, -0.2) is 25.8 Å². The number of benzene rings is 2. The highest BCUT2D eigenvalue weighted by molar-refractivity contribution is 7.17. The number of ether oxygens (including phenoxy) is 1. The molecule has 2 aromatic heterocycles. The van der Waals surface area contributed by atoms with Gasteiger partial charge in [-0.15, -0.1) is 17.3 Å². The second kappa shape index (κ2) is 9.02. The van der Waals surface area contributed by atoms with Crippen molar-refractivity contribution in [1.82, 2.24) is 14.8 Å². The van der Waals surface area contributed by atoms with Crippen LogP contribution in [0.2, 0.25) is 0 Å². The predicted octanol–water partition coefficient (Wildman–Crippen LogP) is 4.86. The van der Waals surface area contributed by atoms with Crippen LogP contribution in [0.4, 0.5) is 0 Å². The number of carboxylic acid groups (broad SMARTS) is 1. The summed E-state index contributed by atoms with van der Waals surface area (Å²) in [4.78, 5) is 15.4. The van der Waals surface area contributed by atoms with Gasteiger partial charge in [-0.25, -0.2) is 9.67 Å². The molecular formula is C24H21N3O3S. The van der Waals surface area contributed by atoms with Crippen molar-refractivity contribution < 1.29 is 14.6 Å². The fourth-order valence-corrected chi connectivity index (χ4v) is 4.36. The Morgan fingerprint density at radius 1 is 1.26 bits per heavy atom. The van der Waals surface area contributed by atoms with Crippen LogP contribution in [0.15, 0.2) is 54.2 Å². The molecule has 0 spiro atoms. The summed E-state index contributed by atoms with van der Waals surface area (Å²) in [5.74, 6) is 6.15. The Bertz CT molecular complexity index is 1280. The molecule has 0 aliphatic heterocycles. The molecule has 4 aromatic rings. The van der Waals surface area contributed by atoms with Crippen LogP contribution in [-0.2, 0) is 18.4 Å². The van der Waals surface area contributed by atoms with Gasteiger partial charge in [-0.1, -0.05) is 24.1 Å². The van der Waals surface area contributed by atoms with E-state index in [4.69, 9.17) is 9.84 Å². The van der Waals surface area contributed by atoms with Crippen LogP contribution in [0, 0.1) is 11.8 Å². The molecule has 0 saturated carbocycles.